The summed E-state index contributed by atoms with van der Waals surface area (Å²) in [5, 5.41) is 8.47. The normalized spacial score (nSPS) is 11.7. The average molecular weight is 345 g/mol. The number of aromatic nitrogens is 3. The molecule has 2 rings (SSSR count). The highest BCUT2D eigenvalue weighted by Crippen LogP contribution is 2.31. The van der Waals surface area contributed by atoms with Gasteiger partial charge in [0.15, 0.2) is 0 Å². The van der Waals surface area contributed by atoms with E-state index in [9.17, 15) is 0 Å². The van der Waals surface area contributed by atoms with E-state index in [1.54, 1.807) is 7.11 Å². The minimum absolute atomic E-state index is 0.152. The Kier molecular flexibility index (Phi) is 3.87. The van der Waals surface area contributed by atoms with Gasteiger partial charge in [0.05, 0.1) is 17.3 Å². The molecule has 0 atom stereocenters. The number of benzene rings is 1. The number of halogens is 2. The molecule has 0 aliphatic carbocycles. The van der Waals surface area contributed by atoms with Gasteiger partial charge in [-0.2, -0.15) is 0 Å². The van der Waals surface area contributed by atoms with Crippen molar-refractivity contribution in [1.82, 2.24) is 14.8 Å². The van der Waals surface area contributed by atoms with Gasteiger partial charge in [0.1, 0.15) is 11.6 Å². The van der Waals surface area contributed by atoms with E-state index in [-0.39, 0.29) is 5.41 Å². The zero-order chi connectivity index (χ0) is 14.2. The van der Waals surface area contributed by atoms with E-state index in [1.165, 1.54) is 0 Å². The Morgan fingerprint density at radius 1 is 1.26 bits per heavy atom. The fraction of sp³-hybridized carbons (Fsp3) is 0.385. The van der Waals surface area contributed by atoms with Crippen LogP contribution in [0.15, 0.2) is 22.7 Å². The maximum atomic E-state index is 6.16. The van der Waals surface area contributed by atoms with Crippen LogP contribution in [0.3, 0.4) is 0 Å². The van der Waals surface area contributed by atoms with Gasteiger partial charge < -0.3 is 4.74 Å². The Morgan fingerprint density at radius 3 is 2.53 bits per heavy atom. The molecule has 0 N–H and O–H groups in total. The van der Waals surface area contributed by atoms with Crippen LogP contribution in [0.1, 0.15) is 26.6 Å². The molecule has 0 aliphatic heterocycles. The molecule has 0 amide bonds. The molecule has 0 saturated carbocycles. The van der Waals surface area contributed by atoms with Crippen molar-refractivity contribution < 1.29 is 4.74 Å². The van der Waals surface area contributed by atoms with Crippen LogP contribution in [-0.2, 0) is 5.41 Å². The summed E-state index contributed by atoms with van der Waals surface area (Å²) in [7, 11) is 1.63. The predicted molar refractivity (Wildman–Crippen MR) is 79.3 cm³/mol. The molecule has 0 radical (unpaired) electrons. The van der Waals surface area contributed by atoms with Gasteiger partial charge in [-0.1, -0.05) is 20.8 Å². The van der Waals surface area contributed by atoms with Crippen LogP contribution in [0.25, 0.3) is 5.69 Å². The third kappa shape index (κ3) is 2.77. The predicted octanol–water partition coefficient (Wildman–Crippen LogP) is 3.99. The molecular weight excluding hydrogens is 330 g/mol. The molecular formula is C13H15BrClN3O. The molecule has 102 valence electrons. The third-order valence-electron chi connectivity index (χ3n) is 2.69. The number of nitrogens with zero attached hydrogens (tertiary/aromatic N) is 3. The highest BCUT2D eigenvalue weighted by molar-refractivity contribution is 9.10. The summed E-state index contributed by atoms with van der Waals surface area (Å²) in [6.45, 7) is 6.21. The van der Waals surface area contributed by atoms with Crippen LogP contribution in [0.2, 0.25) is 5.28 Å². The second-order valence-corrected chi connectivity index (χ2v) is 6.39. The summed E-state index contributed by atoms with van der Waals surface area (Å²) in [5.41, 5.74) is 0.723. The second kappa shape index (κ2) is 5.13. The first kappa shape index (κ1) is 14.3. The molecule has 0 fully saturated rings. The molecule has 0 unspecified atom stereocenters. The highest BCUT2D eigenvalue weighted by atomic mass is 79.9. The Morgan fingerprint density at radius 2 is 1.95 bits per heavy atom. The number of rotatable bonds is 2. The van der Waals surface area contributed by atoms with Crippen molar-refractivity contribution in [2.45, 2.75) is 26.2 Å². The number of hydrogen-bond acceptors (Lipinski definition) is 3. The van der Waals surface area contributed by atoms with E-state index in [4.69, 9.17) is 16.3 Å². The lowest BCUT2D eigenvalue weighted by Crippen LogP contribution is -2.18. The van der Waals surface area contributed by atoms with Gasteiger partial charge in [0, 0.05) is 11.5 Å². The number of methoxy groups -OCH3 is 1. The van der Waals surface area contributed by atoms with Crippen molar-refractivity contribution >= 4 is 27.5 Å². The Labute approximate surface area is 125 Å². The molecule has 2 aromatic rings. The first-order valence-corrected chi connectivity index (χ1v) is 6.97. The fourth-order valence-corrected chi connectivity index (χ4v) is 2.39. The van der Waals surface area contributed by atoms with E-state index < -0.39 is 0 Å². The summed E-state index contributed by atoms with van der Waals surface area (Å²) in [4.78, 5) is 0. The first-order valence-electron chi connectivity index (χ1n) is 5.80. The molecule has 1 aromatic heterocycles. The van der Waals surface area contributed by atoms with Gasteiger partial charge in [0.2, 0.25) is 5.28 Å². The van der Waals surface area contributed by atoms with Gasteiger partial charge in [-0.15, -0.1) is 10.2 Å². The summed E-state index contributed by atoms with van der Waals surface area (Å²) < 4.78 is 8.02. The van der Waals surface area contributed by atoms with Crippen molar-refractivity contribution in [3.63, 3.8) is 0 Å². The summed E-state index contributed by atoms with van der Waals surface area (Å²) in [6, 6.07) is 5.75. The molecule has 0 bridgehead atoms. The van der Waals surface area contributed by atoms with Crippen molar-refractivity contribution in [1.29, 1.82) is 0 Å². The Bertz CT molecular complexity index is 604. The maximum Gasteiger partial charge on any atom is 0.229 e. The van der Waals surface area contributed by atoms with Gasteiger partial charge in [-0.25, -0.2) is 0 Å². The van der Waals surface area contributed by atoms with E-state index >= 15 is 0 Å². The molecule has 1 heterocycles. The fourth-order valence-electron chi connectivity index (χ4n) is 1.77. The Balaban J connectivity index is 2.62. The van der Waals surface area contributed by atoms with E-state index in [0.717, 1.165) is 21.7 Å². The molecule has 0 saturated heterocycles. The van der Waals surface area contributed by atoms with Crippen molar-refractivity contribution in [2.75, 3.05) is 7.11 Å². The van der Waals surface area contributed by atoms with Crippen molar-refractivity contribution in [3.8, 4) is 11.4 Å². The molecule has 19 heavy (non-hydrogen) atoms. The van der Waals surface area contributed by atoms with Crippen LogP contribution in [-0.4, -0.2) is 21.9 Å². The number of hydrogen-bond donors (Lipinski definition) is 0. The minimum Gasteiger partial charge on any atom is -0.495 e. The Hall–Kier alpha value is -1.07. The summed E-state index contributed by atoms with van der Waals surface area (Å²) in [6.07, 6.45) is 0. The van der Waals surface area contributed by atoms with Gasteiger partial charge in [0.25, 0.3) is 0 Å². The van der Waals surface area contributed by atoms with E-state index in [0.29, 0.717) is 5.28 Å². The van der Waals surface area contributed by atoms with Crippen molar-refractivity contribution in [2.24, 2.45) is 0 Å². The summed E-state index contributed by atoms with van der Waals surface area (Å²) in [5.74, 6) is 1.55. The SMILES string of the molecule is COc1cc(-n2c(Cl)nnc2C(C)(C)C)ccc1Br. The zero-order valence-corrected chi connectivity index (χ0v) is 13.6. The highest BCUT2D eigenvalue weighted by Gasteiger charge is 2.24. The lowest BCUT2D eigenvalue weighted by Gasteiger charge is -2.19. The van der Waals surface area contributed by atoms with E-state index in [1.807, 2.05) is 22.8 Å². The van der Waals surface area contributed by atoms with Crippen LogP contribution in [0.5, 0.6) is 5.75 Å². The summed E-state index contributed by atoms with van der Waals surface area (Å²) >= 11 is 9.59. The second-order valence-electron chi connectivity index (χ2n) is 5.20. The zero-order valence-electron chi connectivity index (χ0n) is 11.2. The standard InChI is InChI=1S/C13H15BrClN3O/c1-13(2,3)11-16-17-12(15)18(11)8-5-6-9(14)10(7-8)19-4/h5-7H,1-4H3. The lowest BCUT2D eigenvalue weighted by molar-refractivity contribution is 0.412. The van der Waals surface area contributed by atoms with Gasteiger partial charge in [-0.3, -0.25) is 4.57 Å². The van der Waals surface area contributed by atoms with Gasteiger partial charge in [-0.05, 0) is 39.7 Å². The molecule has 4 nitrogen and oxygen atoms in total. The quantitative estimate of drug-likeness (QED) is 0.827. The van der Waals surface area contributed by atoms with Crippen LogP contribution < -0.4 is 4.74 Å². The minimum atomic E-state index is -0.152. The third-order valence-corrected chi connectivity index (χ3v) is 3.59. The monoisotopic (exact) mass is 343 g/mol. The van der Waals surface area contributed by atoms with Crippen molar-refractivity contribution in [3.05, 3.63) is 33.8 Å². The molecule has 1 aromatic carbocycles. The van der Waals surface area contributed by atoms with E-state index in [2.05, 4.69) is 46.9 Å². The lowest BCUT2D eigenvalue weighted by atomic mass is 9.95. The maximum absolute atomic E-state index is 6.16. The molecule has 0 aliphatic rings. The molecule has 0 spiro atoms. The first-order chi connectivity index (χ1) is 8.84. The number of ether oxygens (including phenoxy) is 1. The average Bonchev–Trinajstić information content (AvgIpc) is 2.72. The largest absolute Gasteiger partial charge is 0.495 e. The van der Waals surface area contributed by atoms with Crippen LogP contribution >= 0.6 is 27.5 Å². The topological polar surface area (TPSA) is 39.9 Å². The smallest absolute Gasteiger partial charge is 0.229 e. The van der Waals surface area contributed by atoms with Crippen LogP contribution in [0, 0.1) is 0 Å². The molecule has 6 heteroatoms. The van der Waals surface area contributed by atoms with Gasteiger partial charge >= 0.3 is 0 Å². The van der Waals surface area contributed by atoms with Crippen LogP contribution in [0.4, 0.5) is 0 Å².